The fourth-order valence-corrected chi connectivity index (χ4v) is 2.99. The number of halogens is 2. The average Bonchev–Trinajstić information content (AvgIpc) is 3.35. The van der Waals surface area contributed by atoms with E-state index in [-0.39, 0.29) is 49.1 Å². The van der Waals surface area contributed by atoms with Crippen molar-refractivity contribution in [2.45, 2.75) is 38.4 Å². The van der Waals surface area contributed by atoms with Crippen molar-refractivity contribution < 1.29 is 9.59 Å². The summed E-state index contributed by atoms with van der Waals surface area (Å²) >= 11 is 0. The molecule has 28 heavy (non-hydrogen) atoms. The zero-order valence-corrected chi connectivity index (χ0v) is 17.1. The van der Waals surface area contributed by atoms with E-state index >= 15 is 0 Å². The lowest BCUT2D eigenvalue weighted by atomic mass is 10.1. The topological polar surface area (TPSA) is 101 Å². The third-order valence-corrected chi connectivity index (χ3v) is 4.42. The van der Waals surface area contributed by atoms with E-state index in [9.17, 15) is 9.59 Å². The molecule has 1 aliphatic heterocycles. The Bertz CT molecular complexity index is 735. The molecule has 0 aliphatic carbocycles. The Kier molecular flexibility index (Phi) is 10.5. The summed E-state index contributed by atoms with van der Waals surface area (Å²) in [6.07, 6.45) is 5.31. The summed E-state index contributed by atoms with van der Waals surface area (Å²) in [5.74, 6) is -0.103. The van der Waals surface area contributed by atoms with E-state index in [1.165, 1.54) is 6.33 Å². The minimum absolute atomic E-state index is 0. The zero-order valence-electron chi connectivity index (χ0n) is 15.5. The highest BCUT2D eigenvalue weighted by atomic mass is 35.5. The van der Waals surface area contributed by atoms with Crippen LogP contribution in [-0.2, 0) is 22.7 Å². The molecular formula is C18H26Cl2N6O2. The van der Waals surface area contributed by atoms with Crippen molar-refractivity contribution >= 4 is 36.6 Å². The van der Waals surface area contributed by atoms with Gasteiger partial charge < -0.3 is 16.0 Å². The SMILES string of the molecule is Cl.Cl.O=C(CCNC(=O)C1CCCN1)NCc1ccccc1Cn1cncn1. The summed E-state index contributed by atoms with van der Waals surface area (Å²) in [4.78, 5) is 27.9. The van der Waals surface area contributed by atoms with Crippen LogP contribution in [-0.4, -0.2) is 45.7 Å². The summed E-state index contributed by atoms with van der Waals surface area (Å²) < 4.78 is 1.74. The molecule has 1 unspecified atom stereocenters. The van der Waals surface area contributed by atoms with E-state index in [1.54, 1.807) is 11.0 Å². The van der Waals surface area contributed by atoms with Crippen LogP contribution in [0.5, 0.6) is 0 Å². The van der Waals surface area contributed by atoms with Gasteiger partial charge >= 0.3 is 0 Å². The van der Waals surface area contributed by atoms with Gasteiger partial charge in [0.05, 0.1) is 12.6 Å². The van der Waals surface area contributed by atoms with Crippen LogP contribution in [0.25, 0.3) is 0 Å². The Hall–Kier alpha value is -2.16. The summed E-state index contributed by atoms with van der Waals surface area (Å²) in [6, 6.07) is 7.80. The molecule has 8 nitrogen and oxygen atoms in total. The number of nitrogens with zero attached hydrogens (tertiary/aromatic N) is 3. The smallest absolute Gasteiger partial charge is 0.237 e. The zero-order chi connectivity index (χ0) is 18.2. The molecule has 10 heteroatoms. The van der Waals surface area contributed by atoms with Crippen molar-refractivity contribution in [2.75, 3.05) is 13.1 Å². The molecule has 1 saturated heterocycles. The molecule has 2 amide bonds. The van der Waals surface area contributed by atoms with Crippen LogP contribution in [0.3, 0.4) is 0 Å². The van der Waals surface area contributed by atoms with Crippen molar-refractivity contribution in [3.05, 3.63) is 48.0 Å². The number of amides is 2. The Labute approximate surface area is 176 Å². The minimum Gasteiger partial charge on any atom is -0.354 e. The summed E-state index contributed by atoms with van der Waals surface area (Å²) in [6.45, 7) is 2.29. The lowest BCUT2D eigenvalue weighted by molar-refractivity contribution is -0.123. The summed E-state index contributed by atoms with van der Waals surface area (Å²) in [5, 5.41) is 13.0. The molecule has 0 bridgehead atoms. The minimum atomic E-state index is -0.110. The number of aromatic nitrogens is 3. The van der Waals surface area contributed by atoms with Crippen molar-refractivity contribution in [2.24, 2.45) is 0 Å². The largest absolute Gasteiger partial charge is 0.354 e. The first-order valence-corrected chi connectivity index (χ1v) is 8.89. The molecule has 1 aromatic carbocycles. The van der Waals surface area contributed by atoms with E-state index in [0.29, 0.717) is 19.6 Å². The van der Waals surface area contributed by atoms with Gasteiger partial charge in [0.25, 0.3) is 0 Å². The van der Waals surface area contributed by atoms with Gasteiger partial charge in [-0.05, 0) is 30.5 Å². The molecule has 1 aromatic heterocycles. The second kappa shape index (κ2) is 12.3. The van der Waals surface area contributed by atoms with Gasteiger partial charge in [-0.3, -0.25) is 9.59 Å². The van der Waals surface area contributed by atoms with Crippen LogP contribution in [0.2, 0.25) is 0 Å². The highest BCUT2D eigenvalue weighted by Gasteiger charge is 2.21. The van der Waals surface area contributed by atoms with Crippen LogP contribution in [0.4, 0.5) is 0 Å². The first-order valence-electron chi connectivity index (χ1n) is 8.89. The van der Waals surface area contributed by atoms with Gasteiger partial charge in [-0.1, -0.05) is 24.3 Å². The van der Waals surface area contributed by atoms with Gasteiger partial charge in [0, 0.05) is 19.5 Å². The van der Waals surface area contributed by atoms with E-state index < -0.39 is 0 Å². The fraction of sp³-hybridized carbons (Fsp3) is 0.444. The highest BCUT2D eigenvalue weighted by Crippen LogP contribution is 2.10. The lowest BCUT2D eigenvalue weighted by Crippen LogP contribution is -2.41. The number of carbonyl (C=O) groups excluding carboxylic acids is 2. The van der Waals surface area contributed by atoms with Crippen LogP contribution in [0, 0.1) is 0 Å². The third-order valence-electron chi connectivity index (χ3n) is 4.42. The number of carbonyl (C=O) groups is 2. The molecule has 3 N–H and O–H groups in total. The van der Waals surface area contributed by atoms with E-state index in [1.807, 2.05) is 24.3 Å². The van der Waals surface area contributed by atoms with Gasteiger partial charge in [0.15, 0.2) is 0 Å². The quantitative estimate of drug-likeness (QED) is 0.583. The van der Waals surface area contributed by atoms with E-state index in [0.717, 1.165) is 30.5 Å². The van der Waals surface area contributed by atoms with Crippen molar-refractivity contribution in [3.8, 4) is 0 Å². The molecule has 0 spiro atoms. The molecule has 0 radical (unpaired) electrons. The maximum atomic E-state index is 12.0. The molecule has 1 atom stereocenters. The Morgan fingerprint density at radius 2 is 1.96 bits per heavy atom. The molecule has 2 aromatic rings. The van der Waals surface area contributed by atoms with Gasteiger partial charge in [-0.15, -0.1) is 24.8 Å². The van der Waals surface area contributed by atoms with Crippen molar-refractivity contribution in [1.29, 1.82) is 0 Å². The number of hydrogen-bond acceptors (Lipinski definition) is 5. The monoisotopic (exact) mass is 428 g/mol. The number of nitrogens with one attached hydrogen (secondary N) is 3. The normalized spacial score (nSPS) is 15.2. The standard InChI is InChI=1S/C18H24N6O2.2ClH/c25-17(7-9-21-18(26)16-6-3-8-20-16)22-10-14-4-1-2-5-15(14)11-24-13-19-12-23-24;;/h1-2,4-5,12-13,16,20H,3,6-11H2,(H,21,26)(H,22,25);2*1H. The fourth-order valence-electron chi connectivity index (χ4n) is 2.99. The Balaban J connectivity index is 0.00000196. The van der Waals surface area contributed by atoms with Crippen molar-refractivity contribution in [1.82, 2.24) is 30.7 Å². The molecule has 2 heterocycles. The molecule has 0 saturated carbocycles. The number of benzene rings is 1. The number of rotatable bonds is 8. The first kappa shape index (κ1) is 23.9. The predicted octanol–water partition coefficient (Wildman–Crippen LogP) is 1.04. The molecule has 154 valence electrons. The maximum absolute atomic E-state index is 12.0. The van der Waals surface area contributed by atoms with Gasteiger partial charge in [-0.25, -0.2) is 9.67 Å². The second-order valence-electron chi connectivity index (χ2n) is 6.33. The van der Waals surface area contributed by atoms with Gasteiger partial charge in [-0.2, -0.15) is 5.10 Å². The Morgan fingerprint density at radius 1 is 1.18 bits per heavy atom. The summed E-state index contributed by atoms with van der Waals surface area (Å²) in [7, 11) is 0. The Morgan fingerprint density at radius 3 is 2.64 bits per heavy atom. The molecular weight excluding hydrogens is 403 g/mol. The van der Waals surface area contributed by atoms with Crippen molar-refractivity contribution in [3.63, 3.8) is 0 Å². The highest BCUT2D eigenvalue weighted by molar-refractivity contribution is 5.85. The van der Waals surface area contributed by atoms with Crippen LogP contribution in [0.1, 0.15) is 30.4 Å². The second-order valence-corrected chi connectivity index (χ2v) is 6.33. The van der Waals surface area contributed by atoms with Gasteiger partial charge in [0.1, 0.15) is 12.7 Å². The molecule has 1 aliphatic rings. The third kappa shape index (κ3) is 7.10. The van der Waals surface area contributed by atoms with Crippen LogP contribution in [0.15, 0.2) is 36.9 Å². The first-order chi connectivity index (χ1) is 12.7. The average molecular weight is 429 g/mol. The molecule has 3 rings (SSSR count). The van der Waals surface area contributed by atoms with Gasteiger partial charge in [0.2, 0.25) is 11.8 Å². The predicted molar refractivity (Wildman–Crippen MR) is 111 cm³/mol. The molecule has 1 fully saturated rings. The van der Waals surface area contributed by atoms with Crippen LogP contribution < -0.4 is 16.0 Å². The van der Waals surface area contributed by atoms with E-state index in [4.69, 9.17) is 0 Å². The number of hydrogen-bond donors (Lipinski definition) is 3. The lowest BCUT2D eigenvalue weighted by Gasteiger charge is -2.12. The summed E-state index contributed by atoms with van der Waals surface area (Å²) in [5.41, 5.74) is 2.12. The maximum Gasteiger partial charge on any atom is 0.237 e. The van der Waals surface area contributed by atoms with E-state index in [2.05, 4.69) is 26.0 Å². The van der Waals surface area contributed by atoms with Crippen LogP contribution >= 0.6 is 24.8 Å².